The van der Waals surface area contributed by atoms with Crippen molar-refractivity contribution in [2.75, 3.05) is 20.3 Å². The van der Waals surface area contributed by atoms with Gasteiger partial charge in [-0.2, -0.15) is 0 Å². The Morgan fingerprint density at radius 1 is 1.24 bits per heavy atom. The maximum atomic E-state index is 13.2. The lowest BCUT2D eigenvalue weighted by Gasteiger charge is -2.13. The Morgan fingerprint density at radius 2 is 2.08 bits per heavy atom. The van der Waals surface area contributed by atoms with E-state index in [4.69, 9.17) is 14.5 Å². The van der Waals surface area contributed by atoms with Crippen molar-refractivity contribution in [3.05, 3.63) is 76.6 Å². The second-order valence-corrected chi connectivity index (χ2v) is 10.1. The largest absolute Gasteiger partial charge is 0.497 e. The number of thiazole rings is 1. The van der Waals surface area contributed by atoms with E-state index in [1.54, 1.807) is 18.4 Å². The van der Waals surface area contributed by atoms with Crippen LogP contribution in [-0.2, 0) is 17.7 Å². The molecule has 1 aromatic carbocycles. The number of nitrogens with one attached hydrogen (secondary N) is 1. The van der Waals surface area contributed by atoms with Gasteiger partial charge in [-0.05, 0) is 62.1 Å². The van der Waals surface area contributed by atoms with Crippen LogP contribution in [0.2, 0.25) is 0 Å². The highest BCUT2D eigenvalue weighted by molar-refractivity contribution is 7.13. The molecule has 1 fully saturated rings. The number of amides is 1. The molecule has 8 heteroatoms. The minimum Gasteiger partial charge on any atom is -0.497 e. The van der Waals surface area contributed by atoms with Gasteiger partial charge < -0.3 is 19.4 Å². The summed E-state index contributed by atoms with van der Waals surface area (Å²) in [6, 6.07) is 14.1. The summed E-state index contributed by atoms with van der Waals surface area (Å²) in [5, 5.41) is 6.08. The zero-order valence-corrected chi connectivity index (χ0v) is 22.3. The van der Waals surface area contributed by atoms with Gasteiger partial charge in [0.2, 0.25) is 0 Å². The summed E-state index contributed by atoms with van der Waals surface area (Å²) >= 11 is 1.60. The molecular formula is C29H32N4O3S. The molecule has 0 saturated carbocycles. The normalized spacial score (nSPS) is 15.2. The molecule has 7 nitrogen and oxygen atoms in total. The van der Waals surface area contributed by atoms with Crippen LogP contribution < -0.4 is 10.1 Å². The van der Waals surface area contributed by atoms with Crippen LogP contribution in [0.5, 0.6) is 5.75 Å². The maximum Gasteiger partial charge on any atom is 0.253 e. The van der Waals surface area contributed by atoms with Gasteiger partial charge in [-0.1, -0.05) is 19.1 Å². The lowest BCUT2D eigenvalue weighted by atomic mass is 10.2. The van der Waals surface area contributed by atoms with Gasteiger partial charge in [0.15, 0.2) is 0 Å². The van der Waals surface area contributed by atoms with Crippen molar-refractivity contribution in [2.24, 2.45) is 0 Å². The summed E-state index contributed by atoms with van der Waals surface area (Å²) in [6.45, 7) is 6.01. The van der Waals surface area contributed by atoms with Crippen molar-refractivity contribution in [3.8, 4) is 27.7 Å². The number of carbonyl (C=O) groups is 1. The minimum absolute atomic E-state index is 0.0834. The summed E-state index contributed by atoms with van der Waals surface area (Å²) in [5.41, 5.74) is 6.55. The van der Waals surface area contributed by atoms with E-state index in [1.807, 2.05) is 37.4 Å². The van der Waals surface area contributed by atoms with Gasteiger partial charge in [-0.15, -0.1) is 11.3 Å². The van der Waals surface area contributed by atoms with Crippen LogP contribution >= 0.6 is 11.3 Å². The van der Waals surface area contributed by atoms with Gasteiger partial charge in [-0.3, -0.25) is 9.78 Å². The minimum atomic E-state index is -0.0834. The first kappa shape index (κ1) is 25.2. The van der Waals surface area contributed by atoms with Gasteiger partial charge in [0, 0.05) is 48.2 Å². The predicted octanol–water partition coefficient (Wildman–Crippen LogP) is 5.51. The van der Waals surface area contributed by atoms with Gasteiger partial charge in [0.25, 0.3) is 5.91 Å². The zero-order valence-electron chi connectivity index (χ0n) is 21.5. The molecule has 1 atom stereocenters. The number of benzene rings is 1. The fraction of sp³-hybridized carbons (Fsp3) is 0.345. The van der Waals surface area contributed by atoms with E-state index in [0.717, 1.165) is 70.5 Å². The number of aryl methyl sites for hydroxylation is 1. The molecule has 4 heterocycles. The molecule has 1 saturated heterocycles. The van der Waals surface area contributed by atoms with Crippen molar-refractivity contribution < 1.29 is 14.3 Å². The SMILES string of the molecule is CCc1cc(-c2nc(-c3cc(C(=O)NCC4CCCO4)c(C)n3Cc3ccc(OC)cc3)cs2)ccn1. The fourth-order valence-electron chi connectivity index (χ4n) is 4.64. The molecule has 0 bridgehead atoms. The Morgan fingerprint density at radius 3 is 2.81 bits per heavy atom. The third kappa shape index (κ3) is 5.60. The quantitative estimate of drug-likeness (QED) is 0.317. The average molecular weight is 517 g/mol. The number of ether oxygens (including phenoxy) is 2. The van der Waals surface area contributed by atoms with Gasteiger partial charge >= 0.3 is 0 Å². The number of pyridine rings is 1. The second kappa shape index (κ2) is 11.3. The molecule has 0 radical (unpaired) electrons. The van der Waals surface area contributed by atoms with Gasteiger partial charge in [0.1, 0.15) is 10.8 Å². The van der Waals surface area contributed by atoms with E-state index in [2.05, 4.69) is 45.4 Å². The third-order valence-corrected chi connectivity index (χ3v) is 7.71. The Balaban J connectivity index is 1.48. The summed E-state index contributed by atoms with van der Waals surface area (Å²) < 4.78 is 13.2. The van der Waals surface area contributed by atoms with E-state index in [1.165, 1.54) is 0 Å². The Bertz CT molecular complexity index is 1370. The molecule has 1 N–H and O–H groups in total. The van der Waals surface area contributed by atoms with Crippen molar-refractivity contribution >= 4 is 17.2 Å². The van der Waals surface area contributed by atoms with E-state index in [0.29, 0.717) is 18.7 Å². The standard InChI is InChI=1S/C29H32N4O3S/c1-4-22-14-21(11-12-30-22)29-32-26(18-37-29)27-15-25(28(34)31-16-24-6-5-13-36-24)19(2)33(27)17-20-7-9-23(35-3)10-8-20/h7-12,14-15,18,24H,4-6,13,16-17H2,1-3H3,(H,31,34). The predicted molar refractivity (Wildman–Crippen MR) is 146 cm³/mol. The molecule has 0 aliphatic carbocycles. The summed E-state index contributed by atoms with van der Waals surface area (Å²) in [6.07, 6.45) is 4.84. The first-order chi connectivity index (χ1) is 18.1. The Labute approximate surface area is 221 Å². The molecule has 1 aliphatic rings. The fourth-order valence-corrected chi connectivity index (χ4v) is 5.45. The molecule has 37 heavy (non-hydrogen) atoms. The zero-order chi connectivity index (χ0) is 25.8. The smallest absolute Gasteiger partial charge is 0.253 e. The molecule has 0 spiro atoms. The Kier molecular flexibility index (Phi) is 7.67. The van der Waals surface area contributed by atoms with Crippen LogP contribution in [0.3, 0.4) is 0 Å². The number of hydrogen-bond donors (Lipinski definition) is 1. The van der Waals surface area contributed by atoms with Crippen molar-refractivity contribution in [1.82, 2.24) is 19.9 Å². The number of carbonyl (C=O) groups excluding carboxylic acids is 1. The summed E-state index contributed by atoms with van der Waals surface area (Å²) in [7, 11) is 1.66. The highest BCUT2D eigenvalue weighted by Crippen LogP contribution is 2.32. The highest BCUT2D eigenvalue weighted by atomic mass is 32.1. The monoisotopic (exact) mass is 516 g/mol. The number of nitrogens with zero attached hydrogens (tertiary/aromatic N) is 3. The van der Waals surface area contributed by atoms with Crippen LogP contribution in [0.25, 0.3) is 22.0 Å². The Hall–Kier alpha value is -3.49. The van der Waals surface area contributed by atoms with Gasteiger partial charge in [0.05, 0.1) is 30.2 Å². The summed E-state index contributed by atoms with van der Waals surface area (Å²) in [5.74, 6) is 0.732. The van der Waals surface area contributed by atoms with Crippen molar-refractivity contribution in [2.45, 2.75) is 45.8 Å². The van der Waals surface area contributed by atoms with E-state index in [9.17, 15) is 4.79 Å². The van der Waals surface area contributed by atoms with E-state index in [-0.39, 0.29) is 12.0 Å². The molecule has 1 amide bonds. The van der Waals surface area contributed by atoms with Crippen LogP contribution in [0, 0.1) is 6.92 Å². The maximum absolute atomic E-state index is 13.2. The molecule has 5 rings (SSSR count). The molecular weight excluding hydrogens is 484 g/mol. The first-order valence-corrected chi connectivity index (χ1v) is 13.6. The number of aromatic nitrogens is 3. The van der Waals surface area contributed by atoms with Crippen LogP contribution in [0.1, 0.15) is 47.1 Å². The van der Waals surface area contributed by atoms with Crippen LogP contribution in [0.15, 0.2) is 54.0 Å². The number of hydrogen-bond acceptors (Lipinski definition) is 6. The number of rotatable bonds is 9. The number of methoxy groups -OCH3 is 1. The van der Waals surface area contributed by atoms with E-state index >= 15 is 0 Å². The van der Waals surface area contributed by atoms with E-state index < -0.39 is 0 Å². The molecule has 4 aromatic rings. The molecule has 192 valence electrons. The lowest BCUT2D eigenvalue weighted by molar-refractivity contribution is 0.0857. The first-order valence-electron chi connectivity index (χ1n) is 12.7. The molecule has 3 aromatic heterocycles. The van der Waals surface area contributed by atoms with Crippen LogP contribution in [-0.4, -0.2) is 46.8 Å². The molecule has 1 unspecified atom stereocenters. The van der Waals surface area contributed by atoms with Gasteiger partial charge in [-0.25, -0.2) is 4.98 Å². The average Bonchev–Trinajstić information content (AvgIpc) is 3.69. The molecule has 1 aliphatic heterocycles. The highest BCUT2D eigenvalue weighted by Gasteiger charge is 2.22. The van der Waals surface area contributed by atoms with Crippen molar-refractivity contribution in [3.63, 3.8) is 0 Å². The summed E-state index contributed by atoms with van der Waals surface area (Å²) in [4.78, 5) is 22.6. The van der Waals surface area contributed by atoms with Crippen molar-refractivity contribution in [1.29, 1.82) is 0 Å². The second-order valence-electron chi connectivity index (χ2n) is 9.24. The lowest BCUT2D eigenvalue weighted by Crippen LogP contribution is -2.32. The topological polar surface area (TPSA) is 78.3 Å². The third-order valence-electron chi connectivity index (χ3n) is 6.82. The van der Waals surface area contributed by atoms with Crippen LogP contribution in [0.4, 0.5) is 0 Å².